The van der Waals surface area contributed by atoms with Gasteiger partial charge in [0.2, 0.25) is 12.2 Å². The van der Waals surface area contributed by atoms with Gasteiger partial charge in [-0.25, -0.2) is 19.6 Å². The molecule has 78 valence electrons. The van der Waals surface area contributed by atoms with Gasteiger partial charge in [0, 0.05) is 13.0 Å². The molecule has 0 bridgehead atoms. The Kier molecular flexibility index (Phi) is 8.91. The molecule has 0 aromatic rings. The molecule has 0 N–H and O–H groups in total. The zero-order valence-electron chi connectivity index (χ0n) is 8.23. The summed E-state index contributed by atoms with van der Waals surface area (Å²) in [6.45, 7) is 1.44. The van der Waals surface area contributed by atoms with Gasteiger partial charge in [-0.1, -0.05) is 0 Å². The lowest BCUT2D eigenvalue weighted by atomic mass is 10.0. The summed E-state index contributed by atoms with van der Waals surface area (Å²) in [5.41, 5.74) is 0. The Morgan fingerprint density at radius 3 is 2.57 bits per heavy atom. The van der Waals surface area contributed by atoms with Crippen LogP contribution in [0.25, 0.3) is 0 Å². The molecule has 0 radical (unpaired) electrons. The molecule has 0 aliphatic carbocycles. The summed E-state index contributed by atoms with van der Waals surface area (Å²) < 4.78 is 4.96. The Hall–Kier alpha value is -1.28. The van der Waals surface area contributed by atoms with Crippen molar-refractivity contribution in [1.82, 2.24) is 0 Å². The molecule has 5 heteroatoms. The second-order valence-corrected chi connectivity index (χ2v) is 2.87. The number of carbonyl (C=O) groups excluding carboxylic acids is 2. The van der Waals surface area contributed by atoms with E-state index in [1.807, 2.05) is 0 Å². The highest BCUT2D eigenvalue weighted by atomic mass is 16.5. The van der Waals surface area contributed by atoms with E-state index >= 15 is 0 Å². The first-order valence-corrected chi connectivity index (χ1v) is 4.41. The molecule has 0 aromatic heterocycles. The molecular weight excluding hydrogens is 184 g/mol. The minimum atomic E-state index is 0.198. The van der Waals surface area contributed by atoms with Gasteiger partial charge in [-0.05, 0) is 12.8 Å². The summed E-state index contributed by atoms with van der Waals surface area (Å²) in [7, 11) is 1.60. The first-order chi connectivity index (χ1) is 6.85. The van der Waals surface area contributed by atoms with Gasteiger partial charge >= 0.3 is 0 Å². The van der Waals surface area contributed by atoms with Crippen LogP contribution in [0.4, 0.5) is 0 Å². The highest BCUT2D eigenvalue weighted by Gasteiger charge is 2.06. The van der Waals surface area contributed by atoms with Crippen LogP contribution in [0.2, 0.25) is 0 Å². The minimum absolute atomic E-state index is 0.198. The smallest absolute Gasteiger partial charge is 0.234 e. The fraction of sp³-hybridized carbons (Fsp3) is 0.778. The molecular formula is C9H14N2O3. The second kappa shape index (κ2) is 9.81. The van der Waals surface area contributed by atoms with Crippen LogP contribution in [-0.4, -0.2) is 39.0 Å². The number of ether oxygens (including phenoxy) is 1. The summed E-state index contributed by atoms with van der Waals surface area (Å²) >= 11 is 0. The summed E-state index contributed by atoms with van der Waals surface area (Å²) in [5.74, 6) is 0.198. The van der Waals surface area contributed by atoms with E-state index in [0.29, 0.717) is 19.7 Å². The van der Waals surface area contributed by atoms with Crippen molar-refractivity contribution in [3.8, 4) is 0 Å². The Balaban J connectivity index is 3.71. The van der Waals surface area contributed by atoms with Gasteiger partial charge in [-0.15, -0.1) is 0 Å². The minimum Gasteiger partial charge on any atom is -0.384 e. The van der Waals surface area contributed by atoms with E-state index in [1.165, 1.54) is 12.2 Å². The van der Waals surface area contributed by atoms with E-state index in [-0.39, 0.29) is 5.92 Å². The quantitative estimate of drug-likeness (QED) is 0.327. The average molecular weight is 198 g/mol. The Morgan fingerprint density at radius 2 is 2.00 bits per heavy atom. The van der Waals surface area contributed by atoms with Crippen molar-refractivity contribution < 1.29 is 14.3 Å². The number of isocyanates is 2. The van der Waals surface area contributed by atoms with Crippen LogP contribution in [0.5, 0.6) is 0 Å². The normalized spacial score (nSPS) is 11.2. The van der Waals surface area contributed by atoms with Crippen LogP contribution in [0.3, 0.4) is 0 Å². The van der Waals surface area contributed by atoms with Crippen molar-refractivity contribution in [1.29, 1.82) is 0 Å². The van der Waals surface area contributed by atoms with E-state index in [1.54, 1.807) is 7.11 Å². The third-order valence-corrected chi connectivity index (χ3v) is 1.76. The van der Waals surface area contributed by atoms with Gasteiger partial charge in [0.25, 0.3) is 0 Å². The lowest BCUT2D eigenvalue weighted by molar-refractivity contribution is 0.150. The summed E-state index contributed by atoms with van der Waals surface area (Å²) in [6, 6.07) is 0. The van der Waals surface area contributed by atoms with Crippen molar-refractivity contribution in [3.05, 3.63) is 0 Å². The van der Waals surface area contributed by atoms with E-state index in [4.69, 9.17) is 4.74 Å². The third kappa shape index (κ3) is 7.37. The van der Waals surface area contributed by atoms with Crippen molar-refractivity contribution >= 4 is 12.2 Å². The molecule has 0 amide bonds. The summed E-state index contributed by atoms with van der Waals surface area (Å²) in [5, 5.41) is 0. The van der Waals surface area contributed by atoms with E-state index in [9.17, 15) is 9.59 Å². The first kappa shape index (κ1) is 12.7. The molecule has 1 unspecified atom stereocenters. The molecule has 0 rings (SSSR count). The summed E-state index contributed by atoms with van der Waals surface area (Å²) in [4.78, 5) is 26.6. The maximum Gasteiger partial charge on any atom is 0.234 e. The lowest BCUT2D eigenvalue weighted by Crippen LogP contribution is -2.12. The number of aliphatic imine (C=N–C) groups is 2. The van der Waals surface area contributed by atoms with Gasteiger partial charge < -0.3 is 4.74 Å². The van der Waals surface area contributed by atoms with Crippen molar-refractivity contribution in [2.24, 2.45) is 15.9 Å². The maximum absolute atomic E-state index is 9.89. The lowest BCUT2D eigenvalue weighted by Gasteiger charge is -2.11. The second-order valence-electron chi connectivity index (χ2n) is 2.87. The van der Waals surface area contributed by atoms with Crippen molar-refractivity contribution in [2.75, 3.05) is 26.8 Å². The SMILES string of the molecule is COCC(CCCN=C=O)CN=C=O. The molecule has 5 nitrogen and oxygen atoms in total. The molecule has 0 spiro atoms. The Labute approximate surface area is 82.9 Å². The zero-order valence-corrected chi connectivity index (χ0v) is 8.23. The molecule has 0 heterocycles. The standard InChI is InChI=1S/C9H14N2O3/c1-14-6-9(5-11-8-13)3-2-4-10-7-12/h9H,2-6H2,1H3. The van der Waals surface area contributed by atoms with E-state index < -0.39 is 0 Å². The van der Waals surface area contributed by atoms with Gasteiger partial charge in [0.1, 0.15) is 0 Å². The first-order valence-electron chi connectivity index (χ1n) is 4.41. The predicted molar refractivity (Wildman–Crippen MR) is 50.6 cm³/mol. The zero-order chi connectivity index (χ0) is 10.6. The Morgan fingerprint density at radius 1 is 1.29 bits per heavy atom. The fourth-order valence-electron chi connectivity index (χ4n) is 1.13. The topological polar surface area (TPSA) is 68.1 Å². The van der Waals surface area contributed by atoms with Crippen LogP contribution in [-0.2, 0) is 14.3 Å². The highest BCUT2D eigenvalue weighted by Crippen LogP contribution is 2.07. The number of hydrogen-bond donors (Lipinski definition) is 0. The number of rotatable bonds is 8. The molecule has 14 heavy (non-hydrogen) atoms. The molecule has 0 aliphatic rings. The van der Waals surface area contributed by atoms with Crippen molar-refractivity contribution in [3.63, 3.8) is 0 Å². The predicted octanol–water partition coefficient (Wildman–Crippen LogP) is 0.701. The van der Waals surface area contributed by atoms with Gasteiger partial charge in [-0.2, -0.15) is 0 Å². The van der Waals surface area contributed by atoms with E-state index in [0.717, 1.165) is 12.8 Å². The van der Waals surface area contributed by atoms with Crippen molar-refractivity contribution in [2.45, 2.75) is 12.8 Å². The fourth-order valence-corrected chi connectivity index (χ4v) is 1.13. The number of hydrogen-bond acceptors (Lipinski definition) is 5. The number of methoxy groups -OCH3 is 1. The largest absolute Gasteiger partial charge is 0.384 e. The molecule has 0 fully saturated rings. The maximum atomic E-state index is 9.89. The highest BCUT2D eigenvalue weighted by molar-refractivity contribution is 5.33. The molecule has 0 saturated carbocycles. The van der Waals surface area contributed by atoms with Gasteiger partial charge in [0.15, 0.2) is 0 Å². The van der Waals surface area contributed by atoms with E-state index in [2.05, 4.69) is 9.98 Å². The van der Waals surface area contributed by atoms with Crippen LogP contribution in [0.15, 0.2) is 9.98 Å². The third-order valence-electron chi connectivity index (χ3n) is 1.76. The van der Waals surface area contributed by atoms with Gasteiger partial charge in [-0.3, -0.25) is 0 Å². The molecule has 0 aromatic carbocycles. The molecule has 1 atom stereocenters. The molecule has 0 aliphatic heterocycles. The van der Waals surface area contributed by atoms with Gasteiger partial charge in [0.05, 0.1) is 19.7 Å². The molecule has 0 saturated heterocycles. The van der Waals surface area contributed by atoms with Crippen LogP contribution in [0, 0.1) is 5.92 Å². The monoisotopic (exact) mass is 198 g/mol. The van der Waals surface area contributed by atoms with Crippen LogP contribution >= 0.6 is 0 Å². The number of nitrogens with zero attached hydrogens (tertiary/aromatic N) is 2. The van der Waals surface area contributed by atoms with Crippen LogP contribution < -0.4 is 0 Å². The Bertz CT molecular complexity index is 230. The summed E-state index contributed by atoms with van der Waals surface area (Å²) in [6.07, 6.45) is 4.57. The average Bonchev–Trinajstić information content (AvgIpc) is 2.20. The van der Waals surface area contributed by atoms with Crippen LogP contribution in [0.1, 0.15) is 12.8 Å².